The minimum atomic E-state index is -3.72. The van der Waals surface area contributed by atoms with E-state index in [4.69, 9.17) is 21.6 Å². The molecule has 0 aliphatic carbocycles. The Morgan fingerprint density at radius 3 is 2.55 bits per heavy atom. The topological polar surface area (TPSA) is 92.1 Å². The molecule has 0 radical (unpaired) electrons. The first-order valence-electron chi connectivity index (χ1n) is 9.26. The highest BCUT2D eigenvalue weighted by molar-refractivity contribution is 7.89. The maximum atomic E-state index is 12.7. The van der Waals surface area contributed by atoms with Crippen LogP contribution in [0.1, 0.15) is 11.1 Å². The van der Waals surface area contributed by atoms with Crippen LogP contribution in [0.25, 0.3) is 10.9 Å². The molecule has 154 valence electrons. The molecule has 1 N–H and O–H groups in total. The van der Waals surface area contributed by atoms with Crippen LogP contribution in [-0.4, -0.2) is 13.4 Å². The fraction of sp³-hybridized carbons (Fsp3) is 0.0435. The Hall–Kier alpha value is -3.44. The van der Waals surface area contributed by atoms with E-state index in [-0.39, 0.29) is 11.4 Å². The van der Waals surface area contributed by atoms with Crippen molar-refractivity contribution in [3.05, 3.63) is 95.1 Å². The van der Waals surface area contributed by atoms with Crippen LogP contribution in [0, 0.1) is 11.3 Å². The zero-order valence-corrected chi connectivity index (χ0v) is 17.7. The van der Waals surface area contributed by atoms with Crippen molar-refractivity contribution in [3.63, 3.8) is 0 Å². The van der Waals surface area contributed by atoms with Crippen molar-refractivity contribution in [1.82, 2.24) is 9.71 Å². The summed E-state index contributed by atoms with van der Waals surface area (Å²) in [6.45, 7) is 0.143. The second-order valence-corrected chi connectivity index (χ2v) is 8.82. The number of rotatable bonds is 6. The molecule has 0 saturated carbocycles. The molecule has 4 aromatic rings. The number of aromatic nitrogens is 1. The number of halogens is 1. The van der Waals surface area contributed by atoms with Gasteiger partial charge in [0.2, 0.25) is 10.0 Å². The first kappa shape index (κ1) is 20.8. The van der Waals surface area contributed by atoms with Crippen LogP contribution in [0.15, 0.2) is 83.9 Å². The fourth-order valence-corrected chi connectivity index (χ4v) is 4.26. The van der Waals surface area contributed by atoms with Gasteiger partial charge in [0, 0.05) is 18.1 Å². The molecule has 4 rings (SSSR count). The lowest BCUT2D eigenvalue weighted by atomic mass is 10.1. The summed E-state index contributed by atoms with van der Waals surface area (Å²) in [5.41, 5.74) is 2.07. The number of ether oxygens (including phenoxy) is 1. The van der Waals surface area contributed by atoms with Crippen molar-refractivity contribution in [3.8, 4) is 17.6 Å². The predicted molar refractivity (Wildman–Crippen MR) is 118 cm³/mol. The van der Waals surface area contributed by atoms with Gasteiger partial charge in [-0.3, -0.25) is 4.98 Å². The molecule has 0 saturated heterocycles. The van der Waals surface area contributed by atoms with Crippen molar-refractivity contribution in [2.75, 3.05) is 0 Å². The largest absolute Gasteiger partial charge is 0.456 e. The molecule has 0 unspecified atom stereocenters. The molecule has 6 nitrogen and oxygen atoms in total. The number of fused-ring (bicyclic) bond motifs is 1. The molecule has 0 aliphatic heterocycles. The zero-order chi connectivity index (χ0) is 21.8. The number of para-hydroxylation sites is 1. The third-order valence-corrected chi connectivity index (χ3v) is 6.33. The zero-order valence-electron chi connectivity index (χ0n) is 16.1. The summed E-state index contributed by atoms with van der Waals surface area (Å²) < 4.78 is 33.7. The summed E-state index contributed by atoms with van der Waals surface area (Å²) in [6, 6.07) is 22.1. The number of pyridine rings is 1. The van der Waals surface area contributed by atoms with Gasteiger partial charge < -0.3 is 4.74 Å². The SMILES string of the molecule is N#Cc1ccc(Oc2ccc(S(=O)(=O)NCc3ccnc4ccccc34)cc2)c(Cl)c1. The molecule has 8 heteroatoms. The lowest BCUT2D eigenvalue weighted by molar-refractivity contribution is 0.482. The van der Waals surface area contributed by atoms with Gasteiger partial charge >= 0.3 is 0 Å². The van der Waals surface area contributed by atoms with Gasteiger partial charge in [-0.25, -0.2) is 13.1 Å². The molecular weight excluding hydrogens is 434 g/mol. The van der Waals surface area contributed by atoms with Gasteiger partial charge in [0.15, 0.2) is 0 Å². The molecule has 1 aromatic heterocycles. The van der Waals surface area contributed by atoms with E-state index in [0.29, 0.717) is 22.1 Å². The summed E-state index contributed by atoms with van der Waals surface area (Å²) in [4.78, 5) is 4.40. The highest BCUT2D eigenvalue weighted by atomic mass is 35.5. The van der Waals surface area contributed by atoms with Crippen LogP contribution in [0.2, 0.25) is 5.02 Å². The Morgan fingerprint density at radius 1 is 1.03 bits per heavy atom. The monoisotopic (exact) mass is 449 g/mol. The van der Waals surface area contributed by atoms with E-state index < -0.39 is 10.0 Å². The lowest BCUT2D eigenvalue weighted by Crippen LogP contribution is -2.23. The molecule has 1 heterocycles. The van der Waals surface area contributed by atoms with E-state index in [9.17, 15) is 8.42 Å². The van der Waals surface area contributed by atoms with E-state index in [1.54, 1.807) is 36.5 Å². The first-order valence-corrected chi connectivity index (χ1v) is 11.1. The van der Waals surface area contributed by atoms with E-state index in [1.807, 2.05) is 30.3 Å². The maximum Gasteiger partial charge on any atom is 0.240 e. The fourth-order valence-electron chi connectivity index (χ4n) is 3.03. The van der Waals surface area contributed by atoms with Crippen LogP contribution >= 0.6 is 11.6 Å². The number of nitrogens with zero attached hydrogens (tertiary/aromatic N) is 2. The van der Waals surface area contributed by atoms with Gasteiger partial charge in [0.1, 0.15) is 11.5 Å². The van der Waals surface area contributed by atoms with Gasteiger partial charge in [0.05, 0.1) is 27.1 Å². The van der Waals surface area contributed by atoms with E-state index in [1.165, 1.54) is 18.2 Å². The molecule has 0 atom stereocenters. The van der Waals surface area contributed by atoms with Crippen LogP contribution in [-0.2, 0) is 16.6 Å². The Bertz CT molecular complexity index is 1390. The Labute approximate surface area is 184 Å². The van der Waals surface area contributed by atoms with Crippen LogP contribution in [0.5, 0.6) is 11.5 Å². The number of hydrogen-bond donors (Lipinski definition) is 1. The van der Waals surface area contributed by atoms with Gasteiger partial charge in [-0.1, -0.05) is 29.8 Å². The minimum Gasteiger partial charge on any atom is -0.456 e. The number of nitrogens with one attached hydrogen (secondary N) is 1. The summed E-state index contributed by atoms with van der Waals surface area (Å²) in [5, 5.41) is 10.1. The molecule has 0 amide bonds. The van der Waals surface area contributed by atoms with Gasteiger partial charge in [-0.05, 0) is 60.2 Å². The third kappa shape index (κ3) is 4.67. The lowest BCUT2D eigenvalue weighted by Gasteiger charge is -2.11. The van der Waals surface area contributed by atoms with Crippen molar-refractivity contribution >= 4 is 32.5 Å². The molecule has 31 heavy (non-hydrogen) atoms. The maximum absolute atomic E-state index is 12.7. The van der Waals surface area contributed by atoms with Crippen molar-refractivity contribution < 1.29 is 13.2 Å². The Balaban J connectivity index is 1.48. The number of benzene rings is 3. The molecule has 3 aromatic carbocycles. The number of sulfonamides is 1. The minimum absolute atomic E-state index is 0.115. The van der Waals surface area contributed by atoms with Crippen molar-refractivity contribution in [2.45, 2.75) is 11.4 Å². The Kier molecular flexibility index (Phi) is 5.87. The Morgan fingerprint density at radius 2 is 1.81 bits per heavy atom. The van der Waals surface area contributed by atoms with E-state index in [2.05, 4.69) is 9.71 Å². The predicted octanol–water partition coefficient (Wildman–Crippen LogP) is 5.03. The first-order chi connectivity index (χ1) is 15.0. The highest BCUT2D eigenvalue weighted by Gasteiger charge is 2.15. The standard InChI is InChI=1S/C23H16ClN3O3S/c24-21-13-16(14-25)5-10-23(21)30-18-6-8-19(9-7-18)31(28,29)27-15-17-11-12-26-22-4-2-1-3-20(17)22/h1-13,27H,15H2. The molecule has 0 spiro atoms. The molecule has 0 aliphatic rings. The molecule has 0 fully saturated rings. The van der Waals surface area contributed by atoms with Gasteiger partial charge in [-0.15, -0.1) is 0 Å². The second kappa shape index (κ2) is 8.74. The van der Waals surface area contributed by atoms with E-state index in [0.717, 1.165) is 16.5 Å². The average molecular weight is 450 g/mol. The molecular formula is C23H16ClN3O3S. The van der Waals surface area contributed by atoms with Gasteiger partial charge in [-0.2, -0.15) is 5.26 Å². The van der Waals surface area contributed by atoms with Crippen molar-refractivity contribution in [2.24, 2.45) is 0 Å². The number of hydrogen-bond acceptors (Lipinski definition) is 5. The summed E-state index contributed by atoms with van der Waals surface area (Å²) in [7, 11) is -3.72. The summed E-state index contributed by atoms with van der Waals surface area (Å²) >= 11 is 6.12. The molecule has 0 bridgehead atoms. The quantitative estimate of drug-likeness (QED) is 0.445. The third-order valence-electron chi connectivity index (χ3n) is 4.61. The van der Waals surface area contributed by atoms with Gasteiger partial charge in [0.25, 0.3) is 0 Å². The summed E-state index contributed by atoms with van der Waals surface area (Å²) in [6.07, 6.45) is 1.66. The normalized spacial score (nSPS) is 11.2. The smallest absolute Gasteiger partial charge is 0.240 e. The van der Waals surface area contributed by atoms with Crippen LogP contribution in [0.4, 0.5) is 0 Å². The van der Waals surface area contributed by atoms with Crippen LogP contribution < -0.4 is 9.46 Å². The number of nitriles is 1. The van der Waals surface area contributed by atoms with Crippen LogP contribution in [0.3, 0.4) is 0 Å². The second-order valence-electron chi connectivity index (χ2n) is 6.64. The average Bonchev–Trinajstić information content (AvgIpc) is 2.79. The highest BCUT2D eigenvalue weighted by Crippen LogP contribution is 2.30. The summed E-state index contributed by atoms with van der Waals surface area (Å²) in [5.74, 6) is 0.796. The van der Waals surface area contributed by atoms with E-state index >= 15 is 0 Å². The van der Waals surface area contributed by atoms with Crippen molar-refractivity contribution in [1.29, 1.82) is 5.26 Å².